The van der Waals surface area contributed by atoms with Crippen LogP contribution in [0.1, 0.15) is 57.4 Å². The molecule has 146 valence electrons. The number of carbonyl (C=O) groups is 1. The molecule has 0 aliphatic heterocycles. The van der Waals surface area contributed by atoms with Crippen LogP contribution in [0.5, 0.6) is 0 Å². The van der Waals surface area contributed by atoms with Gasteiger partial charge in [0.15, 0.2) is 0 Å². The van der Waals surface area contributed by atoms with Crippen LogP contribution in [0, 0.1) is 5.92 Å². The maximum atomic E-state index is 12.6. The number of benzene rings is 1. The van der Waals surface area contributed by atoms with Gasteiger partial charge in [0.2, 0.25) is 0 Å². The van der Waals surface area contributed by atoms with Crippen LogP contribution < -0.4 is 0 Å². The van der Waals surface area contributed by atoms with Crippen LogP contribution in [0.2, 0.25) is 0 Å². The maximum absolute atomic E-state index is 12.6. The summed E-state index contributed by atoms with van der Waals surface area (Å²) in [5, 5.41) is 0. The largest absolute Gasteiger partial charge is 0.456 e. The molecular formula is C22H34ClNO2. The Bertz CT molecular complexity index is 559. The Balaban J connectivity index is 0.00000338. The molecule has 0 spiro atoms. The molecule has 0 saturated heterocycles. The molecule has 0 bridgehead atoms. The Labute approximate surface area is 165 Å². The van der Waals surface area contributed by atoms with Gasteiger partial charge < -0.3 is 9.64 Å². The lowest BCUT2D eigenvalue weighted by Crippen LogP contribution is -2.48. The molecule has 0 amide bonds. The van der Waals surface area contributed by atoms with E-state index in [1.54, 1.807) is 6.08 Å². The van der Waals surface area contributed by atoms with Crippen molar-refractivity contribution in [3.8, 4) is 0 Å². The van der Waals surface area contributed by atoms with Crippen molar-refractivity contribution in [1.29, 1.82) is 0 Å². The van der Waals surface area contributed by atoms with Crippen LogP contribution in [-0.4, -0.2) is 37.1 Å². The minimum atomic E-state index is -0.295. The van der Waals surface area contributed by atoms with E-state index < -0.39 is 0 Å². The van der Waals surface area contributed by atoms with Crippen molar-refractivity contribution in [2.75, 3.05) is 20.6 Å². The molecule has 2 rings (SSSR count). The minimum absolute atomic E-state index is 0. The Kier molecular flexibility index (Phi) is 9.97. The molecule has 1 aromatic carbocycles. The average Bonchev–Trinajstić information content (AvgIpc) is 2.61. The normalized spacial score (nSPS) is 23.0. The SMILES string of the molecule is CCCCC1(OC(=O)/C=C/c2ccccc2)CCCCC1CN(C)C.Cl. The smallest absolute Gasteiger partial charge is 0.331 e. The van der Waals surface area contributed by atoms with E-state index in [9.17, 15) is 4.79 Å². The predicted octanol–water partition coefficient (Wildman–Crippen LogP) is 5.35. The summed E-state index contributed by atoms with van der Waals surface area (Å²) >= 11 is 0. The highest BCUT2D eigenvalue weighted by atomic mass is 35.5. The Morgan fingerprint density at radius 1 is 1.27 bits per heavy atom. The summed E-state index contributed by atoms with van der Waals surface area (Å²) in [6.45, 7) is 3.19. The summed E-state index contributed by atoms with van der Waals surface area (Å²) in [7, 11) is 4.21. The molecule has 0 N–H and O–H groups in total. The number of carbonyl (C=O) groups excluding carboxylic acids is 1. The summed E-state index contributed by atoms with van der Waals surface area (Å²) in [6.07, 6.45) is 11.2. The molecule has 1 aromatic rings. The third-order valence-corrected chi connectivity index (χ3v) is 5.20. The number of ether oxygens (including phenoxy) is 1. The minimum Gasteiger partial charge on any atom is -0.456 e. The molecule has 4 heteroatoms. The van der Waals surface area contributed by atoms with Gasteiger partial charge in [-0.1, -0.05) is 50.1 Å². The third kappa shape index (κ3) is 6.77. The molecule has 2 atom stereocenters. The molecule has 26 heavy (non-hydrogen) atoms. The first-order valence-electron chi connectivity index (χ1n) is 9.66. The van der Waals surface area contributed by atoms with Crippen molar-refractivity contribution < 1.29 is 9.53 Å². The van der Waals surface area contributed by atoms with Gasteiger partial charge in [-0.15, -0.1) is 12.4 Å². The lowest BCUT2D eigenvalue weighted by atomic mass is 9.72. The Hall–Kier alpha value is -1.32. The Morgan fingerprint density at radius 3 is 2.65 bits per heavy atom. The van der Waals surface area contributed by atoms with E-state index in [0.717, 1.165) is 50.6 Å². The van der Waals surface area contributed by atoms with Crippen LogP contribution in [-0.2, 0) is 9.53 Å². The molecule has 1 aliphatic rings. The fraction of sp³-hybridized carbons (Fsp3) is 0.591. The molecule has 0 heterocycles. The van der Waals surface area contributed by atoms with E-state index in [2.05, 4.69) is 25.9 Å². The first kappa shape index (κ1) is 22.7. The molecule has 0 radical (unpaired) electrons. The van der Waals surface area contributed by atoms with Crippen molar-refractivity contribution in [3.63, 3.8) is 0 Å². The molecule has 0 aromatic heterocycles. The highest BCUT2D eigenvalue weighted by molar-refractivity contribution is 5.87. The fourth-order valence-electron chi connectivity index (χ4n) is 3.93. The number of esters is 1. The number of halogens is 1. The number of rotatable bonds is 8. The third-order valence-electron chi connectivity index (χ3n) is 5.20. The zero-order valence-electron chi connectivity index (χ0n) is 16.4. The van der Waals surface area contributed by atoms with E-state index in [1.807, 2.05) is 36.4 Å². The second-order valence-electron chi connectivity index (χ2n) is 7.54. The number of hydrogen-bond donors (Lipinski definition) is 0. The van der Waals surface area contributed by atoms with Crippen molar-refractivity contribution in [3.05, 3.63) is 42.0 Å². The van der Waals surface area contributed by atoms with Gasteiger partial charge in [-0.2, -0.15) is 0 Å². The second-order valence-corrected chi connectivity index (χ2v) is 7.54. The number of unbranched alkanes of at least 4 members (excludes halogenated alkanes) is 1. The first-order chi connectivity index (χ1) is 12.1. The zero-order valence-corrected chi connectivity index (χ0v) is 17.3. The highest BCUT2D eigenvalue weighted by Gasteiger charge is 2.43. The molecular weight excluding hydrogens is 346 g/mol. The Morgan fingerprint density at radius 2 is 2.00 bits per heavy atom. The topological polar surface area (TPSA) is 29.5 Å². The van der Waals surface area contributed by atoms with E-state index in [4.69, 9.17) is 4.74 Å². The molecule has 1 aliphatic carbocycles. The predicted molar refractivity (Wildman–Crippen MR) is 112 cm³/mol. The van der Waals surface area contributed by atoms with E-state index in [1.165, 1.54) is 6.42 Å². The van der Waals surface area contributed by atoms with Crippen LogP contribution in [0.15, 0.2) is 36.4 Å². The summed E-state index contributed by atoms with van der Waals surface area (Å²) < 4.78 is 6.16. The van der Waals surface area contributed by atoms with Gasteiger partial charge in [-0.3, -0.25) is 0 Å². The number of hydrogen-bond acceptors (Lipinski definition) is 3. The van der Waals surface area contributed by atoms with Gasteiger partial charge in [-0.25, -0.2) is 4.79 Å². The van der Waals surface area contributed by atoms with Crippen LogP contribution in [0.25, 0.3) is 6.08 Å². The van der Waals surface area contributed by atoms with Gasteiger partial charge >= 0.3 is 5.97 Å². The monoisotopic (exact) mass is 379 g/mol. The van der Waals surface area contributed by atoms with Gasteiger partial charge in [-0.05, 0) is 57.8 Å². The van der Waals surface area contributed by atoms with E-state index >= 15 is 0 Å². The quantitative estimate of drug-likeness (QED) is 0.450. The van der Waals surface area contributed by atoms with Crippen LogP contribution in [0.3, 0.4) is 0 Å². The van der Waals surface area contributed by atoms with E-state index in [0.29, 0.717) is 5.92 Å². The maximum Gasteiger partial charge on any atom is 0.331 e. The van der Waals surface area contributed by atoms with Crippen molar-refractivity contribution in [2.24, 2.45) is 5.92 Å². The summed E-state index contributed by atoms with van der Waals surface area (Å²) in [5.74, 6) is 0.225. The molecule has 1 saturated carbocycles. The molecule has 1 fully saturated rings. The lowest BCUT2D eigenvalue weighted by molar-refractivity contribution is -0.167. The highest BCUT2D eigenvalue weighted by Crippen LogP contribution is 2.41. The van der Waals surface area contributed by atoms with Crippen LogP contribution in [0.4, 0.5) is 0 Å². The average molecular weight is 380 g/mol. The van der Waals surface area contributed by atoms with Gasteiger partial charge in [0.1, 0.15) is 5.60 Å². The first-order valence-corrected chi connectivity index (χ1v) is 9.66. The zero-order chi connectivity index (χ0) is 18.1. The summed E-state index contributed by atoms with van der Waals surface area (Å²) in [4.78, 5) is 14.8. The van der Waals surface area contributed by atoms with Crippen molar-refractivity contribution in [2.45, 2.75) is 57.5 Å². The fourth-order valence-corrected chi connectivity index (χ4v) is 3.93. The van der Waals surface area contributed by atoms with E-state index in [-0.39, 0.29) is 24.0 Å². The standard InChI is InChI=1S/C22H33NO2.ClH/c1-4-5-16-22(17-10-9-13-20(22)18-23(2)3)25-21(24)15-14-19-11-7-6-8-12-19;/h6-8,11-12,14-15,20H,4-5,9-10,13,16-18H2,1-3H3;1H/b15-14+;. The summed E-state index contributed by atoms with van der Waals surface area (Å²) in [6, 6.07) is 9.91. The summed E-state index contributed by atoms with van der Waals surface area (Å²) in [5.41, 5.74) is 0.729. The van der Waals surface area contributed by atoms with Crippen molar-refractivity contribution >= 4 is 24.5 Å². The molecule has 2 unspecified atom stereocenters. The van der Waals surface area contributed by atoms with Crippen LogP contribution >= 0.6 is 12.4 Å². The van der Waals surface area contributed by atoms with Gasteiger partial charge in [0.05, 0.1) is 0 Å². The second kappa shape index (κ2) is 11.4. The molecule has 3 nitrogen and oxygen atoms in total. The number of nitrogens with zero attached hydrogens (tertiary/aromatic N) is 1. The lowest BCUT2D eigenvalue weighted by Gasteiger charge is -2.44. The van der Waals surface area contributed by atoms with Gasteiger partial charge in [0, 0.05) is 18.5 Å². The van der Waals surface area contributed by atoms with Crippen molar-refractivity contribution in [1.82, 2.24) is 4.90 Å². The van der Waals surface area contributed by atoms with Gasteiger partial charge in [0.25, 0.3) is 0 Å².